The molecule has 8 heteroatoms. The molecule has 1 aromatic heterocycles. The van der Waals surface area contributed by atoms with E-state index in [0.29, 0.717) is 11.4 Å². The third-order valence-corrected chi connectivity index (χ3v) is 4.35. The molecule has 27 heavy (non-hydrogen) atoms. The lowest BCUT2D eigenvalue weighted by Gasteiger charge is -2.29. The Bertz CT molecular complexity index is 1050. The van der Waals surface area contributed by atoms with E-state index in [-0.39, 0.29) is 11.4 Å². The number of hydrogen-bond donors (Lipinski definition) is 4. The maximum absolute atomic E-state index is 12.6. The average Bonchev–Trinajstić information content (AvgIpc) is 3.11. The van der Waals surface area contributed by atoms with E-state index < -0.39 is 23.6 Å². The number of carbonyl (C=O) groups excluding carboxylic acids is 1. The standard InChI is InChI=1S/C19H14F3N3O2/c20-19(21,22)11-1-3-12(4-2-11)24-15-16(18(27)17(15)26)25-13-5-6-14-10(9-13)7-8-23-14/h1-9,17,23-26H/t17-/m0/s1. The maximum atomic E-state index is 12.6. The van der Waals surface area contributed by atoms with Crippen molar-refractivity contribution in [2.75, 3.05) is 10.6 Å². The number of halogens is 3. The van der Waals surface area contributed by atoms with Crippen molar-refractivity contribution in [1.29, 1.82) is 0 Å². The minimum atomic E-state index is -4.42. The number of aromatic nitrogens is 1. The van der Waals surface area contributed by atoms with Gasteiger partial charge in [0.25, 0.3) is 0 Å². The van der Waals surface area contributed by atoms with Gasteiger partial charge in [0.15, 0.2) is 6.10 Å². The lowest BCUT2D eigenvalue weighted by molar-refractivity contribution is -0.137. The van der Waals surface area contributed by atoms with Crippen molar-refractivity contribution in [3.63, 3.8) is 0 Å². The van der Waals surface area contributed by atoms with Gasteiger partial charge in [-0.25, -0.2) is 0 Å². The Labute approximate surface area is 151 Å². The van der Waals surface area contributed by atoms with Gasteiger partial charge in [-0.15, -0.1) is 0 Å². The van der Waals surface area contributed by atoms with Crippen molar-refractivity contribution in [3.8, 4) is 0 Å². The van der Waals surface area contributed by atoms with E-state index in [4.69, 9.17) is 0 Å². The summed E-state index contributed by atoms with van der Waals surface area (Å²) in [4.78, 5) is 15.1. The summed E-state index contributed by atoms with van der Waals surface area (Å²) in [6.07, 6.45) is -3.97. The number of anilines is 2. The molecule has 2 aromatic carbocycles. The molecule has 138 valence electrons. The SMILES string of the molecule is O=C1C(Nc2ccc3[nH]ccc3c2)=C(Nc2ccc(C(F)(F)F)cc2)[C@@H]1O. The van der Waals surface area contributed by atoms with Crippen LogP contribution in [-0.2, 0) is 11.0 Å². The average molecular weight is 373 g/mol. The third-order valence-electron chi connectivity index (χ3n) is 4.35. The molecule has 1 aliphatic carbocycles. The number of aliphatic hydroxyl groups excluding tert-OH is 1. The highest BCUT2D eigenvalue weighted by Gasteiger charge is 2.38. The number of nitrogens with one attached hydrogen (secondary N) is 3. The predicted octanol–water partition coefficient (Wildman–Crippen LogP) is 3.87. The zero-order valence-electron chi connectivity index (χ0n) is 13.8. The van der Waals surface area contributed by atoms with Gasteiger partial charge in [0.2, 0.25) is 5.78 Å². The van der Waals surface area contributed by atoms with Crippen LogP contribution in [0.5, 0.6) is 0 Å². The summed E-state index contributed by atoms with van der Waals surface area (Å²) in [5.74, 6) is -0.487. The molecule has 4 rings (SSSR count). The minimum Gasteiger partial charge on any atom is -0.378 e. The molecular formula is C19H14F3N3O2. The molecule has 0 spiro atoms. The van der Waals surface area contributed by atoms with Crippen LogP contribution in [0.25, 0.3) is 10.9 Å². The van der Waals surface area contributed by atoms with E-state index in [0.717, 1.165) is 23.0 Å². The molecule has 0 radical (unpaired) electrons. The second-order valence-electron chi connectivity index (χ2n) is 6.16. The highest BCUT2D eigenvalue weighted by atomic mass is 19.4. The first-order chi connectivity index (χ1) is 12.8. The highest BCUT2D eigenvalue weighted by molar-refractivity contribution is 6.11. The molecule has 1 aliphatic rings. The van der Waals surface area contributed by atoms with Gasteiger partial charge in [0.05, 0.1) is 11.3 Å². The molecule has 3 aromatic rings. The number of carbonyl (C=O) groups is 1. The van der Waals surface area contributed by atoms with Gasteiger partial charge in [-0.2, -0.15) is 13.2 Å². The van der Waals surface area contributed by atoms with Crippen molar-refractivity contribution in [2.24, 2.45) is 0 Å². The fourth-order valence-electron chi connectivity index (χ4n) is 2.89. The summed E-state index contributed by atoms with van der Waals surface area (Å²) in [5.41, 5.74) is 1.56. The van der Waals surface area contributed by atoms with Gasteiger partial charge < -0.3 is 20.7 Å². The molecule has 4 N–H and O–H groups in total. The summed E-state index contributed by atoms with van der Waals surface area (Å²) in [6.45, 7) is 0. The van der Waals surface area contributed by atoms with Crippen LogP contribution < -0.4 is 10.6 Å². The number of H-pyrrole nitrogens is 1. The smallest absolute Gasteiger partial charge is 0.378 e. The van der Waals surface area contributed by atoms with Gasteiger partial charge in [0, 0.05) is 28.5 Å². The molecule has 0 bridgehead atoms. The van der Waals surface area contributed by atoms with E-state index in [2.05, 4.69) is 15.6 Å². The van der Waals surface area contributed by atoms with Crippen LogP contribution in [-0.4, -0.2) is 22.0 Å². The van der Waals surface area contributed by atoms with E-state index in [1.165, 1.54) is 12.1 Å². The maximum Gasteiger partial charge on any atom is 0.416 e. The molecule has 0 saturated carbocycles. The van der Waals surface area contributed by atoms with Crippen LogP contribution in [0.15, 0.2) is 66.1 Å². The van der Waals surface area contributed by atoms with Crippen molar-refractivity contribution in [2.45, 2.75) is 12.3 Å². The van der Waals surface area contributed by atoms with Crippen LogP contribution in [0.4, 0.5) is 24.5 Å². The Hall–Kier alpha value is -3.26. The molecule has 0 aliphatic heterocycles. The lowest BCUT2D eigenvalue weighted by Crippen LogP contribution is -2.42. The number of alkyl halides is 3. The first-order valence-electron chi connectivity index (χ1n) is 8.08. The fraction of sp³-hybridized carbons (Fsp3) is 0.105. The zero-order chi connectivity index (χ0) is 19.2. The summed E-state index contributed by atoms with van der Waals surface area (Å²) in [6, 6.07) is 11.7. The molecule has 0 saturated heterocycles. The summed E-state index contributed by atoms with van der Waals surface area (Å²) < 4.78 is 37.9. The Morgan fingerprint density at radius 3 is 2.37 bits per heavy atom. The Morgan fingerprint density at radius 1 is 0.963 bits per heavy atom. The molecule has 5 nitrogen and oxygen atoms in total. The van der Waals surface area contributed by atoms with Gasteiger partial charge in [-0.05, 0) is 48.5 Å². The van der Waals surface area contributed by atoms with Crippen LogP contribution >= 0.6 is 0 Å². The van der Waals surface area contributed by atoms with Crippen LogP contribution in [0.1, 0.15) is 5.56 Å². The van der Waals surface area contributed by atoms with Gasteiger partial charge in [0.1, 0.15) is 5.70 Å². The molecule has 0 fully saturated rings. The van der Waals surface area contributed by atoms with Crippen LogP contribution in [0.2, 0.25) is 0 Å². The van der Waals surface area contributed by atoms with Crippen LogP contribution in [0.3, 0.4) is 0 Å². The number of ketones is 1. The van der Waals surface area contributed by atoms with Crippen molar-refractivity contribution in [1.82, 2.24) is 4.98 Å². The van der Waals surface area contributed by atoms with E-state index >= 15 is 0 Å². The predicted molar refractivity (Wildman–Crippen MR) is 95.0 cm³/mol. The second kappa shape index (κ2) is 6.17. The van der Waals surface area contributed by atoms with E-state index in [1.54, 1.807) is 12.3 Å². The van der Waals surface area contributed by atoms with Crippen molar-refractivity contribution >= 4 is 28.1 Å². The monoisotopic (exact) mass is 373 g/mol. The Kier molecular flexibility index (Phi) is 3.92. The van der Waals surface area contributed by atoms with Gasteiger partial charge in [-0.1, -0.05) is 0 Å². The number of Topliss-reactive ketones (excluding diaryl/α,β-unsaturated/α-hetero) is 1. The summed E-state index contributed by atoms with van der Waals surface area (Å²) in [7, 11) is 0. The van der Waals surface area contributed by atoms with E-state index in [9.17, 15) is 23.1 Å². The minimum absolute atomic E-state index is 0.178. The third kappa shape index (κ3) is 3.15. The number of hydrogen-bond acceptors (Lipinski definition) is 4. The number of rotatable bonds is 4. The second-order valence-corrected chi connectivity index (χ2v) is 6.16. The molecule has 0 amide bonds. The van der Waals surface area contributed by atoms with Crippen molar-refractivity contribution in [3.05, 3.63) is 71.7 Å². The van der Waals surface area contributed by atoms with Crippen molar-refractivity contribution < 1.29 is 23.1 Å². The van der Waals surface area contributed by atoms with E-state index in [1.807, 2.05) is 18.2 Å². The number of aliphatic hydroxyl groups is 1. The molecule has 0 unspecified atom stereocenters. The Balaban J connectivity index is 1.57. The molecular weight excluding hydrogens is 359 g/mol. The zero-order valence-corrected chi connectivity index (χ0v) is 13.8. The number of benzene rings is 2. The number of fused-ring (bicyclic) bond motifs is 1. The normalized spacial score (nSPS) is 17.2. The molecule has 1 atom stereocenters. The first-order valence-corrected chi connectivity index (χ1v) is 8.08. The lowest BCUT2D eigenvalue weighted by atomic mass is 9.94. The molecule has 1 heterocycles. The van der Waals surface area contributed by atoms with Gasteiger partial charge >= 0.3 is 6.18 Å². The van der Waals surface area contributed by atoms with Gasteiger partial charge in [-0.3, -0.25) is 4.79 Å². The summed E-state index contributed by atoms with van der Waals surface area (Å²) in [5, 5.41) is 16.6. The fourth-order valence-corrected chi connectivity index (χ4v) is 2.89. The largest absolute Gasteiger partial charge is 0.416 e. The van der Waals surface area contributed by atoms with Crippen LogP contribution in [0, 0.1) is 0 Å². The number of aromatic amines is 1. The first kappa shape index (κ1) is 17.2. The summed E-state index contributed by atoms with van der Waals surface area (Å²) >= 11 is 0. The quantitative estimate of drug-likeness (QED) is 0.560. The highest BCUT2D eigenvalue weighted by Crippen LogP contribution is 2.32. The topological polar surface area (TPSA) is 77.2 Å². The Morgan fingerprint density at radius 2 is 1.67 bits per heavy atom.